The largest absolute Gasteiger partial charge is 0.396 e. The molecule has 1 saturated heterocycles. The number of rotatable bonds is 6. The van der Waals surface area contributed by atoms with Crippen LogP contribution < -0.4 is 0 Å². The first-order chi connectivity index (χ1) is 10.1. The molecule has 1 heterocycles. The molecule has 0 saturated carbocycles. The molecule has 3 nitrogen and oxygen atoms in total. The number of hydrogen-bond donors (Lipinski definition) is 1. The molecule has 21 heavy (non-hydrogen) atoms. The molecule has 1 aromatic carbocycles. The standard InChI is InChI=1S/C16H23Cl2NO2/c1-21-8-6-16(12-20)5-2-7-19(11-16)10-13-3-4-14(17)15(18)9-13/h3-4,9,20H,2,5-8,10-12H2,1H3/t16-/m0/s1. The normalized spacial score (nSPS) is 23.4. The highest BCUT2D eigenvalue weighted by atomic mass is 35.5. The van der Waals surface area contributed by atoms with E-state index in [-0.39, 0.29) is 12.0 Å². The van der Waals surface area contributed by atoms with Gasteiger partial charge in [-0.05, 0) is 43.5 Å². The predicted octanol–water partition coefficient (Wildman–Crippen LogP) is 3.60. The molecule has 0 spiro atoms. The number of methoxy groups -OCH3 is 1. The van der Waals surface area contributed by atoms with Crippen LogP contribution in [0.2, 0.25) is 10.0 Å². The van der Waals surface area contributed by atoms with E-state index >= 15 is 0 Å². The Kier molecular flexibility index (Phi) is 6.33. The minimum Gasteiger partial charge on any atom is -0.396 e. The molecule has 0 aliphatic carbocycles. The van der Waals surface area contributed by atoms with E-state index in [9.17, 15) is 5.11 Å². The lowest BCUT2D eigenvalue weighted by molar-refractivity contribution is 0.00476. The Morgan fingerprint density at radius 2 is 2.14 bits per heavy atom. The van der Waals surface area contributed by atoms with Crippen LogP contribution in [-0.4, -0.2) is 43.4 Å². The van der Waals surface area contributed by atoms with Crippen molar-refractivity contribution in [2.24, 2.45) is 5.41 Å². The summed E-state index contributed by atoms with van der Waals surface area (Å²) in [6.07, 6.45) is 3.06. The van der Waals surface area contributed by atoms with Crippen LogP contribution in [0.4, 0.5) is 0 Å². The van der Waals surface area contributed by atoms with E-state index in [4.69, 9.17) is 27.9 Å². The van der Waals surface area contributed by atoms with E-state index in [2.05, 4.69) is 4.90 Å². The fraction of sp³-hybridized carbons (Fsp3) is 0.625. The van der Waals surface area contributed by atoms with Gasteiger partial charge in [0.25, 0.3) is 0 Å². The van der Waals surface area contributed by atoms with Crippen LogP contribution in [0, 0.1) is 5.41 Å². The van der Waals surface area contributed by atoms with Crippen molar-refractivity contribution in [2.75, 3.05) is 33.4 Å². The highest BCUT2D eigenvalue weighted by molar-refractivity contribution is 6.42. The molecular formula is C16H23Cl2NO2. The van der Waals surface area contributed by atoms with E-state index in [1.54, 1.807) is 7.11 Å². The van der Waals surface area contributed by atoms with Crippen molar-refractivity contribution >= 4 is 23.2 Å². The highest BCUT2D eigenvalue weighted by Gasteiger charge is 2.34. The van der Waals surface area contributed by atoms with E-state index < -0.39 is 0 Å². The zero-order valence-electron chi connectivity index (χ0n) is 12.4. The first kappa shape index (κ1) is 17.0. The number of aliphatic hydroxyl groups excluding tert-OH is 1. The van der Waals surface area contributed by atoms with Crippen LogP contribution in [0.25, 0.3) is 0 Å². The smallest absolute Gasteiger partial charge is 0.0595 e. The van der Waals surface area contributed by atoms with Gasteiger partial charge in [0.05, 0.1) is 16.7 Å². The van der Waals surface area contributed by atoms with Crippen molar-refractivity contribution in [3.8, 4) is 0 Å². The Bertz CT molecular complexity index is 470. The van der Waals surface area contributed by atoms with Gasteiger partial charge in [-0.2, -0.15) is 0 Å². The zero-order chi connectivity index (χ0) is 15.3. The van der Waals surface area contributed by atoms with E-state index in [1.807, 2.05) is 18.2 Å². The monoisotopic (exact) mass is 331 g/mol. The first-order valence-corrected chi connectivity index (χ1v) is 8.10. The Labute approximate surface area is 136 Å². The summed E-state index contributed by atoms with van der Waals surface area (Å²) >= 11 is 12.0. The molecule has 0 unspecified atom stereocenters. The second-order valence-corrected chi connectivity index (χ2v) is 6.78. The van der Waals surface area contributed by atoms with E-state index in [0.717, 1.165) is 44.5 Å². The lowest BCUT2D eigenvalue weighted by Crippen LogP contribution is -2.45. The minimum atomic E-state index is -0.0372. The number of piperidine rings is 1. The van der Waals surface area contributed by atoms with Gasteiger partial charge in [0.15, 0.2) is 0 Å². The number of aliphatic hydroxyl groups is 1. The summed E-state index contributed by atoms with van der Waals surface area (Å²) in [6.45, 7) is 3.70. The second-order valence-electron chi connectivity index (χ2n) is 5.96. The third kappa shape index (κ3) is 4.57. The fourth-order valence-corrected chi connectivity index (χ4v) is 3.39. The van der Waals surface area contributed by atoms with Gasteiger partial charge in [0.2, 0.25) is 0 Å². The van der Waals surface area contributed by atoms with Crippen LogP contribution >= 0.6 is 23.2 Å². The topological polar surface area (TPSA) is 32.7 Å². The lowest BCUT2D eigenvalue weighted by atomic mass is 9.78. The molecule has 1 aliphatic rings. The molecule has 1 aliphatic heterocycles. The Morgan fingerprint density at radius 1 is 1.33 bits per heavy atom. The summed E-state index contributed by atoms with van der Waals surface area (Å²) in [5, 5.41) is 11.0. The van der Waals surface area contributed by atoms with Gasteiger partial charge >= 0.3 is 0 Å². The first-order valence-electron chi connectivity index (χ1n) is 7.35. The maximum atomic E-state index is 9.81. The maximum absolute atomic E-state index is 9.81. The average Bonchev–Trinajstić information content (AvgIpc) is 2.49. The molecule has 1 aromatic rings. The number of nitrogens with zero attached hydrogens (tertiary/aromatic N) is 1. The van der Waals surface area contributed by atoms with Gasteiger partial charge in [-0.1, -0.05) is 29.3 Å². The summed E-state index contributed by atoms with van der Waals surface area (Å²) in [6, 6.07) is 5.78. The second kappa shape index (κ2) is 7.80. The van der Waals surface area contributed by atoms with Gasteiger partial charge in [0, 0.05) is 32.2 Å². The van der Waals surface area contributed by atoms with E-state index in [0.29, 0.717) is 16.7 Å². The summed E-state index contributed by atoms with van der Waals surface area (Å²) < 4.78 is 5.19. The van der Waals surface area contributed by atoms with Gasteiger partial charge in [-0.25, -0.2) is 0 Å². The van der Waals surface area contributed by atoms with Gasteiger partial charge in [0.1, 0.15) is 0 Å². The maximum Gasteiger partial charge on any atom is 0.0595 e. The third-order valence-electron chi connectivity index (χ3n) is 4.30. The highest BCUT2D eigenvalue weighted by Crippen LogP contribution is 2.34. The number of benzene rings is 1. The Morgan fingerprint density at radius 3 is 2.81 bits per heavy atom. The van der Waals surface area contributed by atoms with Crippen molar-refractivity contribution in [2.45, 2.75) is 25.8 Å². The fourth-order valence-electron chi connectivity index (χ4n) is 3.07. The van der Waals surface area contributed by atoms with Crippen molar-refractivity contribution in [3.63, 3.8) is 0 Å². The minimum absolute atomic E-state index is 0.0372. The van der Waals surface area contributed by atoms with Gasteiger partial charge < -0.3 is 9.84 Å². The summed E-state index contributed by atoms with van der Waals surface area (Å²) in [5.41, 5.74) is 1.12. The molecule has 1 atom stereocenters. The van der Waals surface area contributed by atoms with Crippen molar-refractivity contribution < 1.29 is 9.84 Å². The zero-order valence-corrected chi connectivity index (χ0v) is 14.0. The predicted molar refractivity (Wildman–Crippen MR) is 87.0 cm³/mol. The van der Waals surface area contributed by atoms with Crippen molar-refractivity contribution in [1.29, 1.82) is 0 Å². The summed E-state index contributed by atoms with van der Waals surface area (Å²) in [7, 11) is 1.71. The molecule has 0 bridgehead atoms. The molecule has 0 amide bonds. The molecular weight excluding hydrogens is 309 g/mol. The molecule has 1 N–H and O–H groups in total. The molecule has 1 fully saturated rings. The number of hydrogen-bond acceptors (Lipinski definition) is 3. The Balaban J connectivity index is 2.01. The Hall–Kier alpha value is -0.320. The molecule has 0 radical (unpaired) electrons. The van der Waals surface area contributed by atoms with Crippen LogP contribution in [0.3, 0.4) is 0 Å². The quantitative estimate of drug-likeness (QED) is 0.864. The van der Waals surface area contributed by atoms with Crippen molar-refractivity contribution in [1.82, 2.24) is 4.90 Å². The molecule has 0 aromatic heterocycles. The number of ether oxygens (including phenoxy) is 1. The van der Waals surface area contributed by atoms with Gasteiger partial charge in [-0.3, -0.25) is 4.90 Å². The summed E-state index contributed by atoms with van der Waals surface area (Å²) in [4.78, 5) is 2.38. The van der Waals surface area contributed by atoms with Gasteiger partial charge in [-0.15, -0.1) is 0 Å². The lowest BCUT2D eigenvalue weighted by Gasteiger charge is -2.42. The van der Waals surface area contributed by atoms with Crippen LogP contribution in [0.15, 0.2) is 18.2 Å². The molecule has 5 heteroatoms. The van der Waals surface area contributed by atoms with Crippen LogP contribution in [0.5, 0.6) is 0 Å². The molecule has 118 valence electrons. The van der Waals surface area contributed by atoms with Crippen LogP contribution in [-0.2, 0) is 11.3 Å². The van der Waals surface area contributed by atoms with E-state index in [1.165, 1.54) is 0 Å². The summed E-state index contributed by atoms with van der Waals surface area (Å²) in [5.74, 6) is 0. The van der Waals surface area contributed by atoms with Crippen LogP contribution in [0.1, 0.15) is 24.8 Å². The number of halogens is 2. The third-order valence-corrected chi connectivity index (χ3v) is 5.04. The SMILES string of the molecule is COCC[C@@]1(CO)CCCN(Cc2ccc(Cl)c(Cl)c2)C1. The van der Waals surface area contributed by atoms with Crippen molar-refractivity contribution in [3.05, 3.63) is 33.8 Å². The average molecular weight is 332 g/mol. The molecule has 2 rings (SSSR count). The number of likely N-dealkylation sites (tertiary alicyclic amines) is 1.